The fourth-order valence-corrected chi connectivity index (χ4v) is 3.52. The lowest BCUT2D eigenvalue weighted by molar-refractivity contribution is -0.131. The van der Waals surface area contributed by atoms with E-state index in [1.54, 1.807) is 0 Å². The molecule has 2 aliphatic heterocycles. The summed E-state index contributed by atoms with van der Waals surface area (Å²) in [6, 6.07) is 6.61. The second-order valence-electron chi connectivity index (χ2n) is 5.83. The predicted molar refractivity (Wildman–Crippen MR) is 83.0 cm³/mol. The second-order valence-corrected chi connectivity index (χ2v) is 6.84. The number of fused-ring (bicyclic) bond motifs is 2. The molecule has 11 heteroatoms. The van der Waals surface area contributed by atoms with Crippen LogP contribution in [0.2, 0.25) is 0 Å². The Balaban J connectivity index is 1.78. The maximum atomic E-state index is 12.3. The Kier molecular flexibility index (Phi) is 4.64. The molecule has 0 aliphatic carbocycles. The van der Waals surface area contributed by atoms with Gasteiger partial charge in [-0.05, 0) is 5.56 Å². The molecular formula is C14H17N3O7S. The molecule has 3 rings (SSSR count). The van der Waals surface area contributed by atoms with Crippen molar-refractivity contribution in [3.8, 4) is 0 Å². The first-order valence-electron chi connectivity index (χ1n) is 7.48. The molecule has 2 aliphatic rings. The van der Waals surface area contributed by atoms with Crippen LogP contribution in [0.5, 0.6) is 0 Å². The lowest BCUT2D eigenvalue weighted by Gasteiger charge is -2.35. The van der Waals surface area contributed by atoms with Crippen molar-refractivity contribution in [2.45, 2.75) is 31.2 Å². The molecular weight excluding hydrogens is 354 g/mol. The van der Waals surface area contributed by atoms with E-state index >= 15 is 0 Å². The zero-order valence-electron chi connectivity index (χ0n) is 13.0. The number of nitrogens with zero attached hydrogens (tertiary/aromatic N) is 2. The number of rotatable bonds is 6. The first-order valence-corrected chi connectivity index (χ1v) is 8.84. The van der Waals surface area contributed by atoms with E-state index in [1.807, 2.05) is 30.3 Å². The number of hydrogen-bond donors (Lipinski definition) is 2. The summed E-state index contributed by atoms with van der Waals surface area (Å²) in [5, 5.41) is 0.539. The van der Waals surface area contributed by atoms with Crippen LogP contribution in [0.25, 0.3) is 0 Å². The van der Waals surface area contributed by atoms with Crippen molar-refractivity contribution in [1.82, 2.24) is 9.96 Å². The molecule has 3 amide bonds. The van der Waals surface area contributed by atoms with Crippen LogP contribution in [-0.2, 0) is 30.8 Å². The fraction of sp³-hybridized carbons (Fsp3) is 0.429. The van der Waals surface area contributed by atoms with Gasteiger partial charge in [-0.1, -0.05) is 30.3 Å². The monoisotopic (exact) mass is 371 g/mol. The minimum absolute atomic E-state index is 0.0488. The average Bonchev–Trinajstić information content (AvgIpc) is 2.77. The Labute approximate surface area is 144 Å². The number of carbonyl (C=O) groups is 2. The van der Waals surface area contributed by atoms with Gasteiger partial charge in [0.25, 0.3) is 0 Å². The van der Waals surface area contributed by atoms with Crippen LogP contribution in [0.3, 0.4) is 0 Å². The molecule has 136 valence electrons. The third kappa shape index (κ3) is 3.74. The van der Waals surface area contributed by atoms with E-state index in [0.717, 1.165) is 10.5 Å². The zero-order valence-corrected chi connectivity index (χ0v) is 13.8. The molecule has 2 heterocycles. The van der Waals surface area contributed by atoms with Gasteiger partial charge >= 0.3 is 16.4 Å². The molecule has 3 atom stereocenters. The van der Waals surface area contributed by atoms with Crippen molar-refractivity contribution >= 4 is 22.3 Å². The normalized spacial score (nSPS) is 26.1. The van der Waals surface area contributed by atoms with Crippen molar-refractivity contribution in [3.63, 3.8) is 0 Å². The van der Waals surface area contributed by atoms with E-state index in [4.69, 9.17) is 15.0 Å². The quantitative estimate of drug-likeness (QED) is 0.653. The van der Waals surface area contributed by atoms with Gasteiger partial charge in [0.15, 0.2) is 0 Å². The summed E-state index contributed by atoms with van der Waals surface area (Å²) in [5.74, 6) is -0.765. The molecule has 0 aromatic heterocycles. The number of benzene rings is 1. The van der Waals surface area contributed by atoms with Crippen molar-refractivity contribution in [2.24, 2.45) is 5.73 Å². The Hall–Kier alpha value is -2.21. The van der Waals surface area contributed by atoms with Crippen LogP contribution in [0.15, 0.2) is 30.3 Å². The Morgan fingerprint density at radius 1 is 1.32 bits per heavy atom. The molecule has 0 spiro atoms. The van der Waals surface area contributed by atoms with Gasteiger partial charge in [-0.25, -0.2) is 4.79 Å². The van der Waals surface area contributed by atoms with Crippen LogP contribution >= 0.6 is 0 Å². The Morgan fingerprint density at radius 2 is 2.00 bits per heavy atom. The lowest BCUT2D eigenvalue weighted by Crippen LogP contribution is -2.56. The number of hydroxylamine groups is 2. The van der Waals surface area contributed by atoms with Crippen molar-refractivity contribution in [2.75, 3.05) is 6.54 Å². The van der Waals surface area contributed by atoms with E-state index in [1.165, 1.54) is 0 Å². The number of amides is 3. The number of carbonyl (C=O) groups excluding carboxylic acids is 2. The smallest absolute Gasteiger partial charge is 0.371 e. The molecule has 0 saturated carbocycles. The number of urea groups is 1. The molecule has 2 bridgehead atoms. The summed E-state index contributed by atoms with van der Waals surface area (Å²) in [4.78, 5) is 25.2. The summed E-state index contributed by atoms with van der Waals surface area (Å²) in [7, 11) is -4.87. The van der Waals surface area contributed by atoms with E-state index in [0.29, 0.717) is 5.06 Å². The number of nitrogens with two attached hydrogens (primary N) is 1. The highest BCUT2D eigenvalue weighted by Crippen LogP contribution is 2.32. The second kappa shape index (κ2) is 6.59. The van der Waals surface area contributed by atoms with Crippen LogP contribution in [-0.4, -0.2) is 59.6 Å². The summed E-state index contributed by atoms with van der Waals surface area (Å²) in [6.07, 6.45) is -0.589. The standard InChI is InChI=1S/C14H17N3O7S/c15-13(18)12-11(23-8-9-4-2-1-3-5-9)6-10-7-16(12)14(19)17(10)24-25(20,21)22/h1-5,10-12H,6-8H2,(H2,15,18)(H,20,21,22). The van der Waals surface area contributed by atoms with Gasteiger partial charge < -0.3 is 15.4 Å². The lowest BCUT2D eigenvalue weighted by atomic mass is 9.97. The first-order chi connectivity index (χ1) is 11.8. The van der Waals surface area contributed by atoms with E-state index in [2.05, 4.69) is 4.28 Å². The predicted octanol–water partition coefficient (Wildman–Crippen LogP) is -0.330. The van der Waals surface area contributed by atoms with Gasteiger partial charge in [0.2, 0.25) is 5.91 Å². The summed E-state index contributed by atoms with van der Waals surface area (Å²) in [5.41, 5.74) is 6.28. The number of ether oxygens (including phenoxy) is 1. The molecule has 2 saturated heterocycles. The van der Waals surface area contributed by atoms with E-state index in [-0.39, 0.29) is 19.6 Å². The highest BCUT2D eigenvalue weighted by molar-refractivity contribution is 7.80. The highest BCUT2D eigenvalue weighted by atomic mass is 32.3. The molecule has 3 unspecified atom stereocenters. The van der Waals surface area contributed by atoms with Crippen molar-refractivity contribution < 1.29 is 31.6 Å². The zero-order chi connectivity index (χ0) is 18.2. The van der Waals surface area contributed by atoms with Crippen molar-refractivity contribution in [1.29, 1.82) is 0 Å². The fourth-order valence-electron chi connectivity index (χ4n) is 3.13. The Bertz CT molecular complexity index is 770. The largest absolute Gasteiger partial charge is 0.418 e. The van der Waals surface area contributed by atoms with E-state index < -0.39 is 40.5 Å². The summed E-state index contributed by atoms with van der Waals surface area (Å²) < 4.78 is 40.8. The minimum atomic E-state index is -4.87. The Morgan fingerprint density at radius 3 is 2.60 bits per heavy atom. The minimum Gasteiger partial charge on any atom is -0.371 e. The van der Waals surface area contributed by atoms with Gasteiger partial charge in [-0.2, -0.15) is 13.5 Å². The van der Waals surface area contributed by atoms with Gasteiger partial charge in [0.05, 0.1) is 18.8 Å². The number of piperidine rings is 1. The maximum Gasteiger partial charge on any atom is 0.418 e. The topological polar surface area (TPSA) is 139 Å². The highest BCUT2D eigenvalue weighted by Gasteiger charge is 2.53. The molecule has 1 aromatic rings. The van der Waals surface area contributed by atoms with Gasteiger partial charge in [0.1, 0.15) is 6.04 Å². The molecule has 25 heavy (non-hydrogen) atoms. The number of hydrogen-bond acceptors (Lipinski definition) is 6. The summed E-state index contributed by atoms with van der Waals surface area (Å²) in [6.45, 7) is 0.246. The third-order valence-electron chi connectivity index (χ3n) is 4.14. The molecule has 3 N–H and O–H groups in total. The average molecular weight is 371 g/mol. The first kappa shape index (κ1) is 17.6. The van der Waals surface area contributed by atoms with Crippen LogP contribution < -0.4 is 5.73 Å². The molecule has 10 nitrogen and oxygen atoms in total. The van der Waals surface area contributed by atoms with Crippen LogP contribution in [0.1, 0.15) is 12.0 Å². The van der Waals surface area contributed by atoms with Gasteiger partial charge in [-0.3, -0.25) is 9.35 Å². The summed E-state index contributed by atoms with van der Waals surface area (Å²) >= 11 is 0. The number of primary amides is 1. The molecule has 1 aromatic carbocycles. The van der Waals surface area contributed by atoms with Gasteiger partial charge in [0, 0.05) is 13.0 Å². The maximum absolute atomic E-state index is 12.3. The van der Waals surface area contributed by atoms with Crippen molar-refractivity contribution in [3.05, 3.63) is 35.9 Å². The van der Waals surface area contributed by atoms with Crippen LogP contribution in [0, 0.1) is 0 Å². The SMILES string of the molecule is NC(=O)C1C(OCc2ccccc2)CC2CN1C(=O)N2OS(=O)(=O)O. The van der Waals surface area contributed by atoms with E-state index in [9.17, 15) is 18.0 Å². The van der Waals surface area contributed by atoms with Crippen LogP contribution in [0.4, 0.5) is 4.79 Å². The van der Waals surface area contributed by atoms with Gasteiger partial charge in [-0.15, -0.1) is 4.28 Å². The molecule has 2 fully saturated rings. The third-order valence-corrected chi connectivity index (χ3v) is 4.49. The molecule has 0 radical (unpaired) electrons.